The molecule has 0 radical (unpaired) electrons. The van der Waals surface area contributed by atoms with Gasteiger partial charge in [0.2, 0.25) is 0 Å². The third kappa shape index (κ3) is 4.58. The van der Waals surface area contributed by atoms with Gasteiger partial charge in [0.15, 0.2) is 0 Å². The lowest BCUT2D eigenvalue weighted by Gasteiger charge is -2.16. The number of nitrogens with one attached hydrogen (secondary N) is 3. The molecule has 2 aliphatic rings. The molecule has 3 N–H and O–H groups in total. The van der Waals surface area contributed by atoms with E-state index < -0.39 is 0 Å². The molecule has 0 fully saturated rings. The molecule has 2 aliphatic heterocycles. The van der Waals surface area contributed by atoms with Crippen molar-refractivity contribution >= 4 is 34.3 Å². The SMILES string of the molecule is O=C(Nc1ccc(C2=CCNCC2)c(Cl)c1)c1ccc(C2=CCNCC2)c(F)c1. The van der Waals surface area contributed by atoms with E-state index in [1.54, 1.807) is 18.2 Å². The van der Waals surface area contributed by atoms with Gasteiger partial charge in [0, 0.05) is 29.9 Å². The van der Waals surface area contributed by atoms with Crippen LogP contribution in [0.3, 0.4) is 0 Å². The predicted octanol–water partition coefficient (Wildman–Crippen LogP) is 4.48. The van der Waals surface area contributed by atoms with Gasteiger partial charge in [-0.1, -0.05) is 35.9 Å². The largest absolute Gasteiger partial charge is 0.322 e. The van der Waals surface area contributed by atoms with Crippen molar-refractivity contribution in [1.29, 1.82) is 0 Å². The average Bonchev–Trinajstić information content (AvgIpc) is 2.75. The Morgan fingerprint density at radius 1 is 0.931 bits per heavy atom. The van der Waals surface area contributed by atoms with Gasteiger partial charge in [0.1, 0.15) is 5.82 Å². The topological polar surface area (TPSA) is 53.2 Å². The minimum Gasteiger partial charge on any atom is -0.322 e. The second-order valence-corrected chi connectivity index (χ2v) is 7.62. The van der Waals surface area contributed by atoms with Gasteiger partial charge in [-0.15, -0.1) is 0 Å². The predicted molar refractivity (Wildman–Crippen MR) is 117 cm³/mol. The Hall–Kier alpha value is -2.47. The van der Waals surface area contributed by atoms with Crippen molar-refractivity contribution in [3.8, 4) is 0 Å². The van der Waals surface area contributed by atoms with Crippen molar-refractivity contribution in [2.75, 3.05) is 31.5 Å². The highest BCUT2D eigenvalue weighted by molar-refractivity contribution is 6.32. The second kappa shape index (κ2) is 8.91. The summed E-state index contributed by atoms with van der Waals surface area (Å²) in [4.78, 5) is 12.6. The zero-order valence-electron chi connectivity index (χ0n) is 16.0. The standard InChI is InChI=1S/C23H23ClFN3O/c24-21-14-18(2-4-19(21)15-5-9-26-10-6-15)28-23(29)17-1-3-20(22(25)13-17)16-7-11-27-12-8-16/h1-5,7,13-14,26-27H,6,8-12H2,(H,28,29). The zero-order valence-corrected chi connectivity index (χ0v) is 16.8. The number of anilines is 1. The van der Waals surface area contributed by atoms with Crippen LogP contribution >= 0.6 is 11.6 Å². The molecule has 29 heavy (non-hydrogen) atoms. The van der Waals surface area contributed by atoms with Gasteiger partial charge in [0.25, 0.3) is 5.91 Å². The molecular weight excluding hydrogens is 389 g/mol. The minimum absolute atomic E-state index is 0.280. The number of hydrogen-bond acceptors (Lipinski definition) is 3. The lowest BCUT2D eigenvalue weighted by Crippen LogP contribution is -2.20. The highest BCUT2D eigenvalue weighted by atomic mass is 35.5. The van der Waals surface area contributed by atoms with Gasteiger partial charge in [-0.25, -0.2) is 4.39 Å². The fraction of sp³-hybridized carbons (Fsp3) is 0.261. The van der Waals surface area contributed by atoms with Crippen molar-refractivity contribution in [2.45, 2.75) is 12.8 Å². The van der Waals surface area contributed by atoms with Gasteiger partial charge in [-0.2, -0.15) is 0 Å². The van der Waals surface area contributed by atoms with E-state index in [4.69, 9.17) is 11.6 Å². The van der Waals surface area contributed by atoms with Crippen LogP contribution in [0.2, 0.25) is 5.02 Å². The van der Waals surface area contributed by atoms with Crippen molar-refractivity contribution < 1.29 is 9.18 Å². The summed E-state index contributed by atoms with van der Waals surface area (Å²) in [5.74, 6) is -0.739. The summed E-state index contributed by atoms with van der Waals surface area (Å²) in [6.07, 6.45) is 5.82. The molecule has 2 heterocycles. The molecule has 0 aromatic heterocycles. The zero-order chi connectivity index (χ0) is 20.2. The first kappa shape index (κ1) is 19.8. The number of amides is 1. The molecular formula is C23H23ClFN3O. The molecule has 0 spiro atoms. The summed E-state index contributed by atoms with van der Waals surface area (Å²) in [5.41, 5.74) is 4.59. The Bertz CT molecular complexity index is 1000. The van der Waals surface area contributed by atoms with Gasteiger partial charge in [-0.3, -0.25) is 4.79 Å². The highest BCUT2D eigenvalue weighted by Crippen LogP contribution is 2.30. The fourth-order valence-corrected chi connectivity index (χ4v) is 4.01. The number of rotatable bonds is 4. The molecule has 0 aliphatic carbocycles. The summed E-state index contributed by atoms with van der Waals surface area (Å²) in [6, 6.07) is 10.1. The van der Waals surface area contributed by atoms with Gasteiger partial charge in [0.05, 0.1) is 5.02 Å². The van der Waals surface area contributed by atoms with Gasteiger partial charge < -0.3 is 16.0 Å². The number of carbonyl (C=O) groups is 1. The van der Waals surface area contributed by atoms with Crippen molar-refractivity contribution in [2.24, 2.45) is 0 Å². The quantitative estimate of drug-likeness (QED) is 0.695. The van der Waals surface area contributed by atoms with Crippen LogP contribution in [-0.4, -0.2) is 32.1 Å². The third-order valence-electron chi connectivity index (χ3n) is 5.28. The summed E-state index contributed by atoms with van der Waals surface area (Å²) in [5, 5.41) is 9.89. The Kier molecular flexibility index (Phi) is 6.09. The molecule has 0 bridgehead atoms. The monoisotopic (exact) mass is 411 g/mol. The lowest BCUT2D eigenvalue weighted by atomic mass is 9.98. The molecule has 4 rings (SSSR count). The van der Waals surface area contributed by atoms with E-state index in [9.17, 15) is 9.18 Å². The maximum Gasteiger partial charge on any atom is 0.255 e. The molecule has 6 heteroatoms. The lowest BCUT2D eigenvalue weighted by molar-refractivity contribution is 0.102. The first-order chi connectivity index (χ1) is 14.1. The van der Waals surface area contributed by atoms with E-state index in [1.165, 1.54) is 11.6 Å². The van der Waals surface area contributed by atoms with Crippen molar-refractivity contribution in [3.63, 3.8) is 0 Å². The van der Waals surface area contributed by atoms with E-state index in [-0.39, 0.29) is 17.3 Å². The molecule has 0 saturated carbocycles. The Labute approximate surface area is 174 Å². The van der Waals surface area contributed by atoms with E-state index in [0.29, 0.717) is 16.3 Å². The molecule has 2 aromatic carbocycles. The van der Waals surface area contributed by atoms with Crippen molar-refractivity contribution in [1.82, 2.24) is 10.6 Å². The second-order valence-electron chi connectivity index (χ2n) is 7.21. The third-order valence-corrected chi connectivity index (χ3v) is 5.59. The van der Waals surface area contributed by atoms with E-state index in [2.05, 4.69) is 22.0 Å². The van der Waals surface area contributed by atoms with E-state index in [0.717, 1.165) is 50.2 Å². The molecule has 0 unspecified atom stereocenters. The van der Waals surface area contributed by atoms with Crippen LogP contribution in [0.15, 0.2) is 48.6 Å². The van der Waals surface area contributed by atoms with Crippen LogP contribution in [0.25, 0.3) is 11.1 Å². The minimum atomic E-state index is -0.378. The average molecular weight is 412 g/mol. The molecule has 1 amide bonds. The van der Waals surface area contributed by atoms with Crippen LogP contribution in [0.1, 0.15) is 34.3 Å². The van der Waals surface area contributed by atoms with Gasteiger partial charge in [-0.05, 0) is 66.9 Å². The Morgan fingerprint density at radius 2 is 1.59 bits per heavy atom. The first-order valence-electron chi connectivity index (χ1n) is 9.82. The molecule has 0 atom stereocenters. The number of hydrogen-bond donors (Lipinski definition) is 3. The van der Waals surface area contributed by atoms with Gasteiger partial charge >= 0.3 is 0 Å². The normalized spacial score (nSPS) is 16.8. The maximum absolute atomic E-state index is 14.6. The van der Waals surface area contributed by atoms with E-state index >= 15 is 0 Å². The van der Waals surface area contributed by atoms with Crippen LogP contribution in [-0.2, 0) is 0 Å². The molecule has 2 aromatic rings. The summed E-state index contributed by atoms with van der Waals surface area (Å²) in [7, 11) is 0. The fourth-order valence-electron chi connectivity index (χ4n) is 3.71. The first-order valence-corrected chi connectivity index (χ1v) is 10.2. The number of carbonyl (C=O) groups excluding carboxylic acids is 1. The van der Waals surface area contributed by atoms with Crippen LogP contribution < -0.4 is 16.0 Å². The summed E-state index contributed by atoms with van der Waals surface area (Å²) in [6.45, 7) is 3.33. The number of halogens is 2. The highest BCUT2D eigenvalue weighted by Gasteiger charge is 2.15. The molecule has 4 nitrogen and oxygen atoms in total. The maximum atomic E-state index is 14.6. The molecule has 0 saturated heterocycles. The van der Waals surface area contributed by atoms with Crippen LogP contribution in [0, 0.1) is 5.82 Å². The van der Waals surface area contributed by atoms with Crippen LogP contribution in [0.5, 0.6) is 0 Å². The Balaban J connectivity index is 1.49. The number of benzene rings is 2. The molecule has 150 valence electrons. The Morgan fingerprint density at radius 3 is 2.17 bits per heavy atom. The van der Waals surface area contributed by atoms with E-state index in [1.807, 2.05) is 18.2 Å². The smallest absolute Gasteiger partial charge is 0.255 e. The summed E-state index contributed by atoms with van der Waals surface area (Å²) < 4.78 is 14.6. The summed E-state index contributed by atoms with van der Waals surface area (Å²) >= 11 is 6.44. The van der Waals surface area contributed by atoms with Crippen LogP contribution in [0.4, 0.5) is 10.1 Å². The van der Waals surface area contributed by atoms with Crippen molar-refractivity contribution in [3.05, 3.63) is 76.1 Å².